The fourth-order valence-electron chi connectivity index (χ4n) is 4.71. The molecule has 1 heteroatoms. The van der Waals surface area contributed by atoms with Crippen LogP contribution in [0.5, 0.6) is 0 Å². The van der Waals surface area contributed by atoms with E-state index in [-0.39, 0.29) is 5.41 Å². The van der Waals surface area contributed by atoms with Gasteiger partial charge in [-0.25, -0.2) is 0 Å². The normalized spacial score (nSPS) is 26.0. The molecule has 108 valence electrons. The summed E-state index contributed by atoms with van der Waals surface area (Å²) in [6, 6.07) is 18.4. The molecule has 0 unspecified atom stereocenters. The lowest BCUT2D eigenvalue weighted by atomic mass is 9.62. The second-order valence-corrected chi connectivity index (χ2v) is 6.55. The quantitative estimate of drug-likeness (QED) is 0.886. The average molecular weight is 277 g/mol. The molecule has 0 fully saturated rings. The summed E-state index contributed by atoms with van der Waals surface area (Å²) in [5.41, 5.74) is 6.60. The minimum Gasteiger partial charge on any atom is -0.320 e. The molecule has 0 radical (unpaired) electrons. The molecule has 3 aliphatic rings. The van der Waals surface area contributed by atoms with Crippen LogP contribution in [0.2, 0.25) is 0 Å². The van der Waals surface area contributed by atoms with Gasteiger partial charge in [-0.15, -0.1) is 0 Å². The van der Waals surface area contributed by atoms with Crippen molar-refractivity contribution in [2.75, 3.05) is 13.6 Å². The Morgan fingerprint density at radius 3 is 2.24 bits per heavy atom. The van der Waals surface area contributed by atoms with Gasteiger partial charge in [0.25, 0.3) is 0 Å². The molecule has 1 nitrogen and oxygen atoms in total. The second-order valence-electron chi connectivity index (χ2n) is 6.55. The van der Waals surface area contributed by atoms with Gasteiger partial charge >= 0.3 is 0 Å². The topological polar surface area (TPSA) is 12.0 Å². The Hall–Kier alpha value is -1.60. The largest absolute Gasteiger partial charge is 0.320 e. The lowest BCUT2D eigenvalue weighted by molar-refractivity contribution is 0.425. The van der Waals surface area contributed by atoms with E-state index in [9.17, 15) is 0 Å². The molecule has 0 aliphatic heterocycles. The Kier molecular flexibility index (Phi) is 3.11. The Morgan fingerprint density at radius 2 is 1.62 bits per heavy atom. The van der Waals surface area contributed by atoms with Crippen LogP contribution in [0, 0.1) is 0 Å². The van der Waals surface area contributed by atoms with Crippen molar-refractivity contribution in [1.82, 2.24) is 5.32 Å². The van der Waals surface area contributed by atoms with E-state index in [1.54, 1.807) is 22.3 Å². The zero-order valence-electron chi connectivity index (χ0n) is 12.7. The van der Waals surface area contributed by atoms with E-state index < -0.39 is 0 Å². The predicted octanol–water partition coefficient (Wildman–Crippen LogP) is 4.21. The fraction of sp³-hybridized carbons (Fsp3) is 0.400. The van der Waals surface area contributed by atoms with Crippen LogP contribution in [-0.4, -0.2) is 13.6 Å². The zero-order valence-corrected chi connectivity index (χ0v) is 12.7. The molecule has 2 aromatic rings. The van der Waals surface area contributed by atoms with Gasteiger partial charge in [-0.1, -0.05) is 55.0 Å². The summed E-state index contributed by atoms with van der Waals surface area (Å²) in [5, 5.41) is 3.37. The molecule has 0 saturated heterocycles. The van der Waals surface area contributed by atoms with E-state index in [0.29, 0.717) is 5.92 Å². The van der Waals surface area contributed by atoms with Crippen LogP contribution >= 0.6 is 0 Å². The van der Waals surface area contributed by atoms with Crippen molar-refractivity contribution >= 4 is 0 Å². The summed E-state index contributed by atoms with van der Waals surface area (Å²) in [6.07, 6.45) is 5.12. The third kappa shape index (κ3) is 1.80. The first-order valence-corrected chi connectivity index (χ1v) is 8.20. The Morgan fingerprint density at radius 1 is 1.00 bits per heavy atom. The highest BCUT2D eigenvalue weighted by Gasteiger charge is 2.44. The molecular weight excluding hydrogens is 254 g/mol. The van der Waals surface area contributed by atoms with E-state index in [2.05, 4.69) is 60.9 Å². The highest BCUT2D eigenvalue weighted by Crippen LogP contribution is 2.55. The van der Waals surface area contributed by atoms with Crippen LogP contribution in [0.3, 0.4) is 0 Å². The molecule has 5 rings (SSSR count). The molecular formula is C20H23N. The van der Waals surface area contributed by atoms with E-state index in [1.165, 1.54) is 25.7 Å². The highest BCUT2D eigenvalue weighted by molar-refractivity contribution is 5.57. The number of benzene rings is 2. The molecule has 0 saturated carbocycles. The van der Waals surface area contributed by atoms with Crippen molar-refractivity contribution in [3.8, 4) is 0 Å². The van der Waals surface area contributed by atoms with Crippen molar-refractivity contribution in [3.05, 3.63) is 70.8 Å². The van der Waals surface area contributed by atoms with Crippen LogP contribution in [0.1, 0.15) is 53.9 Å². The van der Waals surface area contributed by atoms with E-state index in [4.69, 9.17) is 0 Å². The van der Waals surface area contributed by atoms with Gasteiger partial charge in [-0.05, 0) is 55.1 Å². The van der Waals surface area contributed by atoms with Crippen LogP contribution < -0.4 is 5.32 Å². The molecule has 1 N–H and O–H groups in total. The van der Waals surface area contributed by atoms with Gasteiger partial charge in [0.2, 0.25) is 0 Å². The predicted molar refractivity (Wildman–Crippen MR) is 87.9 cm³/mol. The Bertz CT molecular complexity index is 611. The third-order valence-corrected chi connectivity index (χ3v) is 5.60. The van der Waals surface area contributed by atoms with Crippen molar-refractivity contribution < 1.29 is 0 Å². The van der Waals surface area contributed by atoms with Crippen molar-refractivity contribution in [3.63, 3.8) is 0 Å². The van der Waals surface area contributed by atoms with Crippen molar-refractivity contribution in [2.24, 2.45) is 0 Å². The number of rotatable bonds is 3. The highest BCUT2D eigenvalue weighted by atomic mass is 14.8. The first-order valence-electron chi connectivity index (χ1n) is 8.20. The number of hydrogen-bond donors (Lipinski definition) is 1. The van der Waals surface area contributed by atoms with Gasteiger partial charge in [0.05, 0.1) is 0 Å². The molecule has 0 aromatic heterocycles. The second kappa shape index (κ2) is 4.99. The zero-order chi connectivity index (χ0) is 14.3. The summed E-state index contributed by atoms with van der Waals surface area (Å²) in [5.74, 6) is 0.614. The fourth-order valence-corrected chi connectivity index (χ4v) is 4.71. The lowest BCUT2D eigenvalue weighted by Crippen LogP contribution is -2.35. The maximum atomic E-state index is 3.37. The average Bonchev–Trinajstić information content (AvgIpc) is 2.81. The lowest BCUT2D eigenvalue weighted by Gasteiger charge is -2.41. The van der Waals surface area contributed by atoms with Gasteiger partial charge in [-0.3, -0.25) is 0 Å². The van der Waals surface area contributed by atoms with Gasteiger partial charge in [0.15, 0.2) is 0 Å². The van der Waals surface area contributed by atoms with Crippen LogP contribution in [0.15, 0.2) is 48.5 Å². The first-order chi connectivity index (χ1) is 10.4. The minimum atomic E-state index is 0.225. The molecule has 0 spiro atoms. The third-order valence-electron chi connectivity index (χ3n) is 5.60. The van der Waals surface area contributed by atoms with Crippen LogP contribution in [0.25, 0.3) is 0 Å². The van der Waals surface area contributed by atoms with Crippen LogP contribution in [0.4, 0.5) is 0 Å². The molecule has 2 bridgehead atoms. The van der Waals surface area contributed by atoms with Gasteiger partial charge in [-0.2, -0.15) is 0 Å². The molecule has 0 atom stereocenters. The number of fused-ring (bicyclic) bond motifs is 2. The Balaban J connectivity index is 1.99. The molecule has 0 amide bonds. The minimum absolute atomic E-state index is 0.225. The van der Waals surface area contributed by atoms with E-state index in [1.807, 2.05) is 0 Å². The molecule has 2 aromatic carbocycles. The van der Waals surface area contributed by atoms with Gasteiger partial charge in [0, 0.05) is 11.3 Å². The number of hydrogen-bond acceptors (Lipinski definition) is 1. The van der Waals surface area contributed by atoms with Crippen LogP contribution in [-0.2, 0) is 5.41 Å². The molecule has 0 heterocycles. The standard InChI is InChI=1S/C20H23N/c1-21-14-13-20-12-6-9-15(16-7-2-4-10-18(16)20)17-8-3-5-11-19(17)20/h2-5,7-8,10-11,15,21H,6,9,12-14H2,1H3. The summed E-state index contributed by atoms with van der Waals surface area (Å²) >= 11 is 0. The SMILES string of the molecule is CNCCC12CCCC(c3ccccc31)c1ccccc12. The summed E-state index contributed by atoms with van der Waals surface area (Å²) < 4.78 is 0. The molecule has 3 aliphatic carbocycles. The molecule has 21 heavy (non-hydrogen) atoms. The first kappa shape index (κ1) is 13.1. The summed E-state index contributed by atoms with van der Waals surface area (Å²) in [7, 11) is 2.07. The Labute approximate surface area is 127 Å². The van der Waals surface area contributed by atoms with Crippen molar-refractivity contribution in [2.45, 2.75) is 37.0 Å². The summed E-state index contributed by atoms with van der Waals surface area (Å²) in [6.45, 7) is 1.08. The number of nitrogens with one attached hydrogen (secondary N) is 1. The van der Waals surface area contributed by atoms with E-state index in [0.717, 1.165) is 6.54 Å². The van der Waals surface area contributed by atoms with Gasteiger partial charge in [0.1, 0.15) is 0 Å². The van der Waals surface area contributed by atoms with Gasteiger partial charge < -0.3 is 5.32 Å². The van der Waals surface area contributed by atoms with E-state index >= 15 is 0 Å². The maximum absolute atomic E-state index is 3.37. The summed E-state index contributed by atoms with van der Waals surface area (Å²) in [4.78, 5) is 0. The maximum Gasteiger partial charge on any atom is 0.0220 e. The monoisotopic (exact) mass is 277 g/mol. The smallest absolute Gasteiger partial charge is 0.0220 e. The van der Waals surface area contributed by atoms with Crippen molar-refractivity contribution in [1.29, 1.82) is 0 Å².